The number of carbonyl (C=O) groups excluding carboxylic acids is 2. The standard InChI is InChI=1S/C34H32ClNO9/c1-40-20-43-27-19-30(37)36-18-17-21-9-10-23-11-15-29(45-33(38)22-7-5-4-6-8-22)34(23,39)28(16-14-25(21)41-2)44-32-26(42-3)13-12-24(27)31(32)35/h4-8,11-13,17,25,27-29,39H,15,18-20H2,1-3H3,(H,36,37)/b21-17-/t25-,27-,28-,29-,34-/m1/s1. The lowest BCUT2D eigenvalue weighted by molar-refractivity contribution is -0.127. The number of methoxy groups -OCH3 is 3. The van der Waals surface area contributed by atoms with Crippen LogP contribution in [0.4, 0.5) is 0 Å². The predicted molar refractivity (Wildman–Crippen MR) is 163 cm³/mol. The molecule has 0 saturated heterocycles. The van der Waals surface area contributed by atoms with Crippen LogP contribution in [0.25, 0.3) is 0 Å². The first-order valence-electron chi connectivity index (χ1n) is 14.1. The van der Waals surface area contributed by atoms with Gasteiger partial charge in [0.25, 0.3) is 0 Å². The van der Waals surface area contributed by atoms with Crippen LogP contribution in [-0.2, 0) is 23.7 Å². The Hall–Kier alpha value is -4.29. The lowest BCUT2D eigenvalue weighted by atomic mass is 9.87. The van der Waals surface area contributed by atoms with Crippen LogP contribution in [0.1, 0.15) is 34.9 Å². The van der Waals surface area contributed by atoms with E-state index >= 15 is 0 Å². The molecule has 45 heavy (non-hydrogen) atoms. The van der Waals surface area contributed by atoms with E-state index in [1.807, 2.05) is 0 Å². The highest BCUT2D eigenvalue weighted by Crippen LogP contribution is 2.45. The second-order valence-corrected chi connectivity index (χ2v) is 10.7. The monoisotopic (exact) mass is 633 g/mol. The minimum atomic E-state index is -2.03. The van der Waals surface area contributed by atoms with E-state index in [9.17, 15) is 14.7 Å². The van der Waals surface area contributed by atoms with E-state index in [0.717, 1.165) is 0 Å². The van der Waals surface area contributed by atoms with E-state index in [0.29, 0.717) is 16.7 Å². The van der Waals surface area contributed by atoms with Gasteiger partial charge in [0.15, 0.2) is 29.3 Å². The molecule has 2 aromatic carbocycles. The van der Waals surface area contributed by atoms with E-state index in [-0.39, 0.29) is 54.2 Å². The zero-order valence-corrected chi connectivity index (χ0v) is 25.7. The molecule has 1 amide bonds. The third-order valence-corrected chi connectivity index (χ3v) is 7.98. The number of esters is 1. The molecule has 0 spiro atoms. The van der Waals surface area contributed by atoms with Crippen molar-refractivity contribution in [3.63, 3.8) is 0 Å². The molecule has 10 nitrogen and oxygen atoms in total. The zero-order valence-electron chi connectivity index (χ0n) is 24.9. The number of halogens is 1. The van der Waals surface area contributed by atoms with Crippen molar-refractivity contribution < 1.29 is 43.1 Å². The zero-order chi connectivity index (χ0) is 32.0. The first-order valence-corrected chi connectivity index (χ1v) is 14.5. The van der Waals surface area contributed by atoms with Crippen molar-refractivity contribution in [1.82, 2.24) is 5.32 Å². The maximum atomic E-state index is 13.2. The minimum Gasteiger partial charge on any atom is -0.493 e. The normalized spacial score (nSPS) is 26.6. The minimum absolute atomic E-state index is 0.0296. The van der Waals surface area contributed by atoms with E-state index in [1.165, 1.54) is 21.3 Å². The number of nitrogens with one attached hydrogen (secondary N) is 1. The van der Waals surface area contributed by atoms with Gasteiger partial charge in [-0.25, -0.2) is 4.79 Å². The van der Waals surface area contributed by atoms with Gasteiger partial charge in [-0.15, -0.1) is 0 Å². The van der Waals surface area contributed by atoms with E-state index in [1.54, 1.807) is 54.6 Å². The van der Waals surface area contributed by atoms with Crippen molar-refractivity contribution >= 4 is 23.5 Å². The molecule has 1 aliphatic heterocycles. The first kappa shape index (κ1) is 32.1. The van der Waals surface area contributed by atoms with Crippen molar-refractivity contribution in [3.05, 3.63) is 81.9 Å². The molecule has 5 atom stereocenters. The summed E-state index contributed by atoms with van der Waals surface area (Å²) < 4.78 is 34.5. The molecular weight excluding hydrogens is 602 g/mol. The Balaban J connectivity index is 1.67. The predicted octanol–water partition coefficient (Wildman–Crippen LogP) is 3.53. The van der Waals surface area contributed by atoms with Gasteiger partial charge < -0.3 is 38.8 Å². The van der Waals surface area contributed by atoms with Gasteiger partial charge in [0.1, 0.15) is 12.9 Å². The summed E-state index contributed by atoms with van der Waals surface area (Å²) in [5.41, 5.74) is -0.607. The van der Waals surface area contributed by atoms with Crippen molar-refractivity contribution in [2.45, 2.75) is 42.9 Å². The van der Waals surface area contributed by atoms with Crippen LogP contribution in [0, 0.1) is 23.7 Å². The van der Waals surface area contributed by atoms with E-state index in [2.05, 4.69) is 29.0 Å². The summed E-state index contributed by atoms with van der Waals surface area (Å²) in [7, 11) is 4.37. The third-order valence-electron chi connectivity index (χ3n) is 7.59. The van der Waals surface area contributed by atoms with Crippen LogP contribution < -0.4 is 14.8 Å². The SMILES string of the molecule is COCO[C@@H]1CC(=O)NC/C=C2/C#CC3=CC[C@@H](OC(=O)c4ccccc4)[C@]3(O)[C@@H](C#C[C@H]2OC)Oc2c(OC)ccc1c2Cl. The number of rotatable bonds is 7. The summed E-state index contributed by atoms with van der Waals surface area (Å²) in [5, 5.41) is 15.4. The highest BCUT2D eigenvalue weighted by molar-refractivity contribution is 6.33. The number of hydrogen-bond acceptors (Lipinski definition) is 9. The summed E-state index contributed by atoms with van der Waals surface area (Å²) in [6, 6.07) is 11.7. The fourth-order valence-electron chi connectivity index (χ4n) is 5.23. The summed E-state index contributed by atoms with van der Waals surface area (Å²) in [5.74, 6) is 11.4. The fraction of sp³-hybridized carbons (Fsp3) is 0.353. The number of benzene rings is 2. The number of aliphatic hydroxyl groups is 1. The van der Waals surface area contributed by atoms with Crippen LogP contribution >= 0.6 is 11.6 Å². The molecule has 2 N–H and O–H groups in total. The molecule has 4 bridgehead atoms. The van der Waals surface area contributed by atoms with Crippen molar-refractivity contribution in [2.75, 3.05) is 34.7 Å². The molecule has 11 heteroatoms. The quantitative estimate of drug-likeness (QED) is 0.268. The smallest absolute Gasteiger partial charge is 0.338 e. The molecule has 3 aliphatic rings. The van der Waals surface area contributed by atoms with Crippen LogP contribution in [0.5, 0.6) is 11.5 Å². The molecule has 2 aliphatic carbocycles. The van der Waals surface area contributed by atoms with Gasteiger partial charge in [-0.1, -0.05) is 71.7 Å². The number of amides is 1. The average molecular weight is 634 g/mol. The van der Waals surface area contributed by atoms with Crippen molar-refractivity contribution in [1.29, 1.82) is 0 Å². The van der Waals surface area contributed by atoms with Crippen LogP contribution in [0.2, 0.25) is 5.02 Å². The van der Waals surface area contributed by atoms with E-state index in [4.69, 9.17) is 40.0 Å². The number of hydrogen-bond donors (Lipinski definition) is 2. The first-order chi connectivity index (χ1) is 21.8. The van der Waals surface area contributed by atoms with Crippen LogP contribution in [0.3, 0.4) is 0 Å². The summed E-state index contributed by atoms with van der Waals surface area (Å²) in [4.78, 5) is 26.2. The molecule has 1 heterocycles. The maximum absolute atomic E-state index is 13.2. The lowest BCUT2D eigenvalue weighted by Gasteiger charge is -2.36. The average Bonchev–Trinajstić information content (AvgIpc) is 3.38. The van der Waals surface area contributed by atoms with Gasteiger partial charge in [0.2, 0.25) is 5.91 Å². The highest BCUT2D eigenvalue weighted by atomic mass is 35.5. The molecule has 5 rings (SSSR count). The molecule has 234 valence electrons. The molecular formula is C34H32ClNO9. The van der Waals surface area contributed by atoms with Gasteiger partial charge in [0, 0.05) is 43.9 Å². The molecule has 0 aromatic heterocycles. The van der Waals surface area contributed by atoms with Crippen LogP contribution in [-0.4, -0.2) is 75.6 Å². The molecule has 2 aromatic rings. The Bertz CT molecular complexity index is 1630. The van der Waals surface area contributed by atoms with Gasteiger partial charge in [-0.3, -0.25) is 4.79 Å². The Morgan fingerprint density at radius 2 is 1.91 bits per heavy atom. The maximum Gasteiger partial charge on any atom is 0.338 e. The van der Waals surface area contributed by atoms with Crippen molar-refractivity contribution in [2.24, 2.45) is 0 Å². The Morgan fingerprint density at radius 1 is 1.11 bits per heavy atom. The molecule has 0 fully saturated rings. The Morgan fingerprint density at radius 3 is 2.64 bits per heavy atom. The van der Waals surface area contributed by atoms with Crippen LogP contribution in [0.15, 0.2) is 65.8 Å². The number of ether oxygens (including phenoxy) is 6. The van der Waals surface area contributed by atoms with Gasteiger partial charge in [-0.05, 0) is 18.2 Å². The Labute approximate surface area is 266 Å². The second kappa shape index (κ2) is 14.2. The van der Waals surface area contributed by atoms with Gasteiger partial charge in [-0.2, -0.15) is 0 Å². The third kappa shape index (κ3) is 6.71. The second-order valence-electron chi connectivity index (χ2n) is 10.3. The Kier molecular flexibility index (Phi) is 10.1. The topological polar surface area (TPSA) is 122 Å². The highest BCUT2D eigenvalue weighted by Gasteiger charge is 2.54. The lowest BCUT2D eigenvalue weighted by Crippen LogP contribution is -2.54. The van der Waals surface area contributed by atoms with Gasteiger partial charge in [0.05, 0.1) is 30.2 Å². The van der Waals surface area contributed by atoms with Gasteiger partial charge >= 0.3 is 5.97 Å². The molecule has 0 radical (unpaired) electrons. The molecule has 0 unspecified atom stereocenters. The number of fused-ring (bicyclic) bond motifs is 7. The summed E-state index contributed by atoms with van der Waals surface area (Å²) in [6.45, 7) is 0.00561. The molecule has 0 saturated carbocycles. The fourth-order valence-corrected chi connectivity index (χ4v) is 5.56. The van der Waals surface area contributed by atoms with Crippen molar-refractivity contribution in [3.8, 4) is 35.2 Å². The number of carbonyl (C=O) groups is 2. The van der Waals surface area contributed by atoms with E-state index < -0.39 is 36.0 Å². The summed E-state index contributed by atoms with van der Waals surface area (Å²) in [6.07, 6.45) is -0.731. The largest absolute Gasteiger partial charge is 0.493 e. The summed E-state index contributed by atoms with van der Waals surface area (Å²) >= 11 is 6.95.